The molecule has 2 amide bonds. The number of amides is 2. The summed E-state index contributed by atoms with van der Waals surface area (Å²) in [6.07, 6.45) is 2.83. The smallest absolute Gasteiger partial charge is 0.329 e. The fourth-order valence-corrected chi connectivity index (χ4v) is 2.36. The van der Waals surface area contributed by atoms with Gasteiger partial charge < -0.3 is 19.2 Å². The lowest BCUT2D eigenvalue weighted by Crippen LogP contribution is -2.37. The van der Waals surface area contributed by atoms with E-state index in [4.69, 9.17) is 25.5 Å². The maximum atomic E-state index is 11.7. The Hall–Kier alpha value is -3.00. The van der Waals surface area contributed by atoms with Crippen LogP contribution in [0.5, 0.6) is 11.5 Å². The molecule has 2 N–H and O–H groups in total. The molecule has 1 aromatic heterocycles. The first kappa shape index (κ1) is 16.8. The number of furan rings is 1. The molecule has 0 aliphatic carbocycles. The molecule has 0 saturated heterocycles. The van der Waals surface area contributed by atoms with Gasteiger partial charge >= 0.3 is 11.8 Å². The highest BCUT2D eigenvalue weighted by molar-refractivity contribution is 6.35. The van der Waals surface area contributed by atoms with Crippen LogP contribution in [0.25, 0.3) is 0 Å². The lowest BCUT2D eigenvalue weighted by molar-refractivity contribution is -0.139. The van der Waals surface area contributed by atoms with E-state index in [-0.39, 0.29) is 6.54 Å². The van der Waals surface area contributed by atoms with Gasteiger partial charge in [0, 0.05) is 0 Å². The number of rotatable bonds is 4. The number of hydrazone groups is 1. The molecule has 3 rings (SSSR count). The zero-order valence-electron chi connectivity index (χ0n) is 13.0. The van der Waals surface area contributed by atoms with E-state index in [0.29, 0.717) is 41.1 Å². The van der Waals surface area contributed by atoms with Gasteiger partial charge in [0.1, 0.15) is 19.0 Å². The van der Waals surface area contributed by atoms with Gasteiger partial charge in [0.15, 0.2) is 11.5 Å². The fourth-order valence-electron chi connectivity index (χ4n) is 2.08. The van der Waals surface area contributed by atoms with Gasteiger partial charge in [0.25, 0.3) is 0 Å². The minimum atomic E-state index is -0.897. The highest BCUT2D eigenvalue weighted by atomic mass is 35.5. The molecular weight excluding hydrogens is 350 g/mol. The Morgan fingerprint density at radius 2 is 2.08 bits per heavy atom. The van der Waals surface area contributed by atoms with Crippen LogP contribution >= 0.6 is 11.6 Å². The van der Waals surface area contributed by atoms with E-state index in [1.54, 1.807) is 24.3 Å². The molecule has 2 aromatic rings. The van der Waals surface area contributed by atoms with Crippen molar-refractivity contribution in [3.05, 3.63) is 46.9 Å². The summed E-state index contributed by atoms with van der Waals surface area (Å²) in [6, 6.07) is 6.65. The number of hydrogen-bond acceptors (Lipinski definition) is 6. The predicted molar refractivity (Wildman–Crippen MR) is 88.7 cm³/mol. The van der Waals surface area contributed by atoms with Crippen LogP contribution in [0.1, 0.15) is 11.3 Å². The highest BCUT2D eigenvalue weighted by Crippen LogP contribution is 2.37. The molecule has 0 fully saturated rings. The average molecular weight is 364 g/mol. The van der Waals surface area contributed by atoms with Gasteiger partial charge in [0.2, 0.25) is 0 Å². The van der Waals surface area contributed by atoms with E-state index in [1.165, 1.54) is 12.5 Å². The molecule has 0 atom stereocenters. The molecule has 2 heterocycles. The maximum absolute atomic E-state index is 11.7. The largest absolute Gasteiger partial charge is 0.486 e. The Labute approximate surface area is 147 Å². The van der Waals surface area contributed by atoms with Crippen molar-refractivity contribution in [1.82, 2.24) is 10.7 Å². The molecule has 9 heteroatoms. The van der Waals surface area contributed by atoms with Gasteiger partial charge in [0.05, 0.1) is 24.0 Å². The van der Waals surface area contributed by atoms with E-state index in [1.807, 2.05) is 0 Å². The summed E-state index contributed by atoms with van der Waals surface area (Å²) in [5, 5.41) is 6.52. The van der Waals surface area contributed by atoms with Crippen molar-refractivity contribution in [1.29, 1.82) is 0 Å². The summed E-state index contributed by atoms with van der Waals surface area (Å²) < 4.78 is 15.9. The van der Waals surface area contributed by atoms with Crippen molar-refractivity contribution >= 4 is 29.6 Å². The third-order valence-electron chi connectivity index (χ3n) is 3.21. The van der Waals surface area contributed by atoms with Gasteiger partial charge in [-0.1, -0.05) is 11.6 Å². The van der Waals surface area contributed by atoms with E-state index in [0.717, 1.165) is 0 Å². The second kappa shape index (κ2) is 7.71. The van der Waals surface area contributed by atoms with Crippen LogP contribution in [0.4, 0.5) is 0 Å². The van der Waals surface area contributed by atoms with Crippen LogP contribution in [0.15, 0.2) is 40.0 Å². The molecule has 8 nitrogen and oxygen atoms in total. The normalized spacial score (nSPS) is 12.8. The summed E-state index contributed by atoms with van der Waals surface area (Å²) >= 11 is 6.10. The van der Waals surface area contributed by atoms with Crippen LogP contribution in [-0.4, -0.2) is 31.2 Å². The van der Waals surface area contributed by atoms with E-state index in [2.05, 4.69) is 15.8 Å². The number of carbonyl (C=O) groups excluding carboxylic acids is 2. The molecule has 0 spiro atoms. The molecular formula is C16H14ClN3O5. The lowest BCUT2D eigenvalue weighted by Gasteiger charge is -2.19. The van der Waals surface area contributed by atoms with E-state index in [9.17, 15) is 9.59 Å². The number of halogens is 1. The van der Waals surface area contributed by atoms with Gasteiger partial charge in [-0.3, -0.25) is 9.59 Å². The van der Waals surface area contributed by atoms with Crippen molar-refractivity contribution in [3.63, 3.8) is 0 Å². The van der Waals surface area contributed by atoms with E-state index >= 15 is 0 Å². The van der Waals surface area contributed by atoms with Gasteiger partial charge in [-0.25, -0.2) is 5.43 Å². The standard InChI is InChI=1S/C16H14ClN3O5/c17-12-6-10(7-13-14(12)25-5-4-24-13)8-19-20-16(22)15(21)18-9-11-2-1-3-23-11/h1-3,6-8H,4-5,9H2,(H,18,21)(H,20,22)/b19-8-. The number of carbonyl (C=O) groups is 2. The van der Waals surface area contributed by atoms with E-state index < -0.39 is 11.8 Å². The Kier molecular flexibility index (Phi) is 5.20. The summed E-state index contributed by atoms with van der Waals surface area (Å²) in [5.41, 5.74) is 2.72. The summed E-state index contributed by atoms with van der Waals surface area (Å²) in [4.78, 5) is 23.3. The Bertz CT molecular complexity index is 804. The Morgan fingerprint density at radius 1 is 1.24 bits per heavy atom. The SMILES string of the molecule is O=C(NCc1ccco1)C(=O)N/N=C\c1cc(Cl)c2c(c1)OCCO2. The zero-order valence-corrected chi connectivity index (χ0v) is 13.7. The second-order valence-electron chi connectivity index (χ2n) is 4.99. The van der Waals surface area contributed by atoms with Gasteiger partial charge in [-0.15, -0.1) is 0 Å². The number of nitrogens with one attached hydrogen (secondary N) is 2. The molecule has 1 aliphatic heterocycles. The lowest BCUT2D eigenvalue weighted by atomic mass is 10.2. The molecule has 130 valence electrons. The minimum absolute atomic E-state index is 0.112. The number of nitrogens with zero attached hydrogens (tertiary/aromatic N) is 1. The maximum Gasteiger partial charge on any atom is 0.329 e. The molecule has 0 unspecified atom stereocenters. The third kappa shape index (κ3) is 4.30. The number of fused-ring (bicyclic) bond motifs is 1. The van der Waals surface area contributed by atoms with Gasteiger partial charge in [-0.05, 0) is 29.8 Å². The molecule has 1 aromatic carbocycles. The first-order valence-corrected chi connectivity index (χ1v) is 7.74. The number of hydrogen-bond donors (Lipinski definition) is 2. The Balaban J connectivity index is 1.54. The fraction of sp³-hybridized carbons (Fsp3) is 0.188. The average Bonchev–Trinajstić information content (AvgIpc) is 3.13. The summed E-state index contributed by atoms with van der Waals surface area (Å²) in [7, 11) is 0. The highest BCUT2D eigenvalue weighted by Gasteiger charge is 2.16. The van der Waals surface area contributed by atoms with Crippen molar-refractivity contribution in [2.75, 3.05) is 13.2 Å². The summed E-state index contributed by atoms with van der Waals surface area (Å²) in [5.74, 6) is -0.204. The minimum Gasteiger partial charge on any atom is -0.486 e. The number of benzene rings is 1. The van der Waals surface area contributed by atoms with Crippen LogP contribution in [-0.2, 0) is 16.1 Å². The second-order valence-corrected chi connectivity index (χ2v) is 5.40. The monoisotopic (exact) mass is 363 g/mol. The van der Waals surface area contributed by atoms with Crippen LogP contribution in [0.3, 0.4) is 0 Å². The Morgan fingerprint density at radius 3 is 2.88 bits per heavy atom. The van der Waals surface area contributed by atoms with Crippen LogP contribution in [0.2, 0.25) is 5.02 Å². The first-order valence-electron chi connectivity index (χ1n) is 7.36. The topological polar surface area (TPSA) is 102 Å². The van der Waals surface area contributed by atoms with Crippen molar-refractivity contribution < 1.29 is 23.5 Å². The molecule has 1 aliphatic rings. The number of ether oxygens (including phenoxy) is 2. The van der Waals surface area contributed by atoms with Crippen molar-refractivity contribution in [2.45, 2.75) is 6.54 Å². The quantitative estimate of drug-likeness (QED) is 0.486. The molecule has 25 heavy (non-hydrogen) atoms. The van der Waals surface area contributed by atoms with Crippen LogP contribution in [0, 0.1) is 0 Å². The molecule has 0 bridgehead atoms. The zero-order chi connectivity index (χ0) is 17.6. The van der Waals surface area contributed by atoms with Crippen molar-refractivity contribution in [3.8, 4) is 11.5 Å². The predicted octanol–water partition coefficient (Wildman–Crippen LogP) is 1.47. The first-order chi connectivity index (χ1) is 12.1. The van der Waals surface area contributed by atoms with Crippen molar-refractivity contribution in [2.24, 2.45) is 5.10 Å². The van der Waals surface area contributed by atoms with Gasteiger partial charge in [-0.2, -0.15) is 5.10 Å². The molecule has 0 saturated carbocycles. The van der Waals surface area contributed by atoms with Crippen LogP contribution < -0.4 is 20.2 Å². The third-order valence-corrected chi connectivity index (χ3v) is 3.49. The molecule has 0 radical (unpaired) electrons. The summed E-state index contributed by atoms with van der Waals surface area (Å²) in [6.45, 7) is 0.973.